The number of ether oxygens (including phenoxy) is 3. The lowest BCUT2D eigenvalue weighted by Crippen LogP contribution is -2.49. The maximum absolute atomic E-state index is 13.6. The molecule has 0 aliphatic heterocycles. The zero-order valence-corrected chi connectivity index (χ0v) is 35.7. The van der Waals surface area contributed by atoms with Crippen LogP contribution in [-0.4, -0.2) is 75.6 Å². The van der Waals surface area contributed by atoms with Crippen molar-refractivity contribution in [2.75, 3.05) is 26.8 Å². The average Bonchev–Trinajstić information content (AvgIpc) is 3.10. The number of benzene rings is 1. The van der Waals surface area contributed by atoms with Crippen LogP contribution in [0.5, 0.6) is 5.75 Å². The largest absolute Gasteiger partial charge is 0.494 e. The number of methoxy groups -OCH3 is 1. The molecule has 0 spiro atoms. The van der Waals surface area contributed by atoms with Crippen LogP contribution in [0.25, 0.3) is 0 Å². The van der Waals surface area contributed by atoms with Crippen molar-refractivity contribution in [3.05, 3.63) is 52.3 Å². The number of hydrogen-bond donors (Lipinski definition) is 3. The van der Waals surface area contributed by atoms with Gasteiger partial charge in [0.25, 0.3) is 0 Å². The van der Waals surface area contributed by atoms with Crippen molar-refractivity contribution in [2.24, 2.45) is 5.41 Å². The molecule has 1 unspecified atom stereocenters. The van der Waals surface area contributed by atoms with Gasteiger partial charge in [0.15, 0.2) is 0 Å². The molecule has 2 aromatic rings. The third-order valence-corrected chi connectivity index (χ3v) is 11.1. The fraction of sp³-hybridized carbons (Fsp3) is 0.643. The van der Waals surface area contributed by atoms with Crippen LogP contribution in [0.1, 0.15) is 133 Å². The number of sulfonamides is 1. The molecule has 3 rings (SSSR count). The Labute approximate surface area is 333 Å². The number of hydrogen-bond acceptors (Lipinski definition) is 10. The van der Waals surface area contributed by atoms with Gasteiger partial charge in [-0.2, -0.15) is 4.72 Å². The normalized spacial score (nSPS) is 15.0. The highest BCUT2D eigenvalue weighted by molar-refractivity contribution is 7.89. The predicted molar refractivity (Wildman–Crippen MR) is 215 cm³/mol. The molecule has 1 aromatic heterocycles. The van der Waals surface area contributed by atoms with Gasteiger partial charge in [0.2, 0.25) is 21.8 Å². The van der Waals surface area contributed by atoms with Gasteiger partial charge in [0.05, 0.1) is 24.5 Å². The molecule has 0 radical (unpaired) electrons. The van der Waals surface area contributed by atoms with Crippen molar-refractivity contribution in [3.8, 4) is 5.75 Å². The van der Waals surface area contributed by atoms with Gasteiger partial charge in [-0.1, -0.05) is 26.8 Å². The van der Waals surface area contributed by atoms with Crippen molar-refractivity contribution in [1.29, 1.82) is 0 Å². The van der Waals surface area contributed by atoms with Crippen LogP contribution in [0.15, 0.2) is 29.2 Å². The Kier molecular flexibility index (Phi) is 17.3. The van der Waals surface area contributed by atoms with E-state index in [2.05, 4.69) is 36.1 Å². The van der Waals surface area contributed by atoms with Gasteiger partial charge < -0.3 is 24.8 Å². The lowest BCUT2D eigenvalue weighted by Gasteiger charge is -2.27. The first kappa shape index (κ1) is 46.3. The van der Waals surface area contributed by atoms with Gasteiger partial charge in [-0.25, -0.2) is 8.42 Å². The van der Waals surface area contributed by atoms with Gasteiger partial charge in [-0.05, 0) is 133 Å². The smallest absolute Gasteiger partial charge is 0.325 e. The lowest BCUT2D eigenvalue weighted by molar-refractivity contribution is -0.157. The van der Waals surface area contributed by atoms with Crippen LogP contribution < -0.4 is 20.1 Å². The van der Waals surface area contributed by atoms with E-state index in [4.69, 9.17) is 19.2 Å². The molecule has 0 bridgehead atoms. The summed E-state index contributed by atoms with van der Waals surface area (Å²) in [6.07, 6.45) is 7.23. The summed E-state index contributed by atoms with van der Waals surface area (Å²) in [5.41, 5.74) is 3.23. The number of rotatable bonds is 20. The summed E-state index contributed by atoms with van der Waals surface area (Å²) in [4.78, 5) is 55.1. The number of nitrogens with one attached hydrogen (secondary N) is 3. The average molecular weight is 801 g/mol. The zero-order chi connectivity index (χ0) is 41.7. The summed E-state index contributed by atoms with van der Waals surface area (Å²) in [5.74, 6) is -1.27. The zero-order valence-electron chi connectivity index (χ0n) is 34.9. The number of unbranched alkanes of at least 4 members (excludes halogenated alkanes) is 1. The minimum Gasteiger partial charge on any atom is -0.494 e. The Balaban J connectivity index is 1.47. The Morgan fingerprint density at radius 3 is 2.21 bits per heavy atom. The predicted octanol–water partition coefficient (Wildman–Crippen LogP) is 5.91. The maximum atomic E-state index is 13.6. The summed E-state index contributed by atoms with van der Waals surface area (Å²) in [5, 5.41) is 5.60. The van der Waals surface area contributed by atoms with E-state index in [-0.39, 0.29) is 53.6 Å². The number of aryl methyl sites for hydroxylation is 4. The third-order valence-electron chi connectivity index (χ3n) is 9.36. The molecule has 1 aromatic carbocycles. The molecule has 1 heterocycles. The van der Waals surface area contributed by atoms with Gasteiger partial charge in [0, 0.05) is 37.3 Å². The number of nitrogens with zero attached hydrogens (tertiary/aromatic N) is 1. The molecular weight excluding hydrogens is 737 g/mol. The molecule has 1 aliphatic carbocycles. The first-order valence-electron chi connectivity index (χ1n) is 19.8. The number of aromatic nitrogens is 1. The van der Waals surface area contributed by atoms with Gasteiger partial charge in [-0.3, -0.25) is 24.2 Å². The topological polar surface area (TPSA) is 179 Å². The number of esters is 2. The number of carbonyl (C=O) groups excluding carboxylic acids is 4. The molecule has 0 saturated heterocycles. The second kappa shape index (κ2) is 20.9. The highest BCUT2D eigenvalue weighted by Crippen LogP contribution is 2.33. The van der Waals surface area contributed by atoms with Crippen molar-refractivity contribution >= 4 is 33.8 Å². The summed E-state index contributed by atoms with van der Waals surface area (Å²) in [7, 11) is -3.07. The molecular formula is C42H64N4O9S. The highest BCUT2D eigenvalue weighted by Gasteiger charge is 2.32. The Bertz CT molecular complexity index is 1760. The second-order valence-corrected chi connectivity index (χ2v) is 18.5. The quantitative estimate of drug-likeness (QED) is 0.108. The summed E-state index contributed by atoms with van der Waals surface area (Å²) in [6, 6.07) is 5.75. The van der Waals surface area contributed by atoms with E-state index < -0.39 is 27.6 Å². The van der Waals surface area contributed by atoms with Crippen LogP contribution in [0.4, 0.5) is 0 Å². The lowest BCUT2D eigenvalue weighted by atomic mass is 9.85. The van der Waals surface area contributed by atoms with E-state index in [0.717, 1.165) is 56.2 Å². The van der Waals surface area contributed by atoms with Crippen molar-refractivity contribution in [2.45, 2.75) is 148 Å². The number of fused-ring (bicyclic) bond motifs is 1. The van der Waals surface area contributed by atoms with Crippen LogP contribution in [0.2, 0.25) is 0 Å². The van der Waals surface area contributed by atoms with Crippen LogP contribution in [0.3, 0.4) is 0 Å². The van der Waals surface area contributed by atoms with Gasteiger partial charge in [-0.15, -0.1) is 0 Å². The minimum atomic E-state index is -4.22. The third kappa shape index (κ3) is 15.5. The molecule has 0 fully saturated rings. The van der Waals surface area contributed by atoms with E-state index in [9.17, 15) is 27.6 Å². The minimum absolute atomic E-state index is 0.00383. The van der Waals surface area contributed by atoms with Crippen molar-refractivity contribution in [1.82, 2.24) is 20.3 Å². The van der Waals surface area contributed by atoms with Gasteiger partial charge >= 0.3 is 11.9 Å². The molecule has 0 saturated carbocycles. The van der Waals surface area contributed by atoms with E-state index in [1.54, 1.807) is 26.0 Å². The number of carbonyl (C=O) groups is 4. The molecule has 13 nitrogen and oxygen atoms in total. The van der Waals surface area contributed by atoms with Gasteiger partial charge in [0.1, 0.15) is 17.4 Å². The Hall–Kier alpha value is -4.04. The first-order valence-corrected chi connectivity index (χ1v) is 21.3. The van der Waals surface area contributed by atoms with Crippen molar-refractivity contribution in [3.63, 3.8) is 0 Å². The molecule has 1 aliphatic rings. The number of pyridine rings is 1. The molecule has 2 atom stereocenters. The maximum Gasteiger partial charge on any atom is 0.325 e. The van der Waals surface area contributed by atoms with Crippen LogP contribution in [-0.2, 0) is 51.5 Å². The second-order valence-electron chi connectivity index (χ2n) is 16.9. The summed E-state index contributed by atoms with van der Waals surface area (Å²) in [6.45, 7) is 16.0. The SMILES string of the molecule is COC(=O)[C@H](CNC(=O)CCCCc1ccc2c(n1)CCCC2C(=O)OC(C)(C)C)NS(=O)(=O)c1c(C)cc(OCCCC(=O)NCCCC(C)(C)C)cc1C. The molecule has 14 heteroatoms. The van der Waals surface area contributed by atoms with E-state index in [1.165, 1.54) is 0 Å². The van der Waals surface area contributed by atoms with Crippen molar-refractivity contribution < 1.29 is 41.8 Å². The first-order chi connectivity index (χ1) is 26.2. The van der Waals surface area contributed by atoms with E-state index in [1.807, 2.05) is 32.9 Å². The standard InChI is InChI=1S/C42H64N4O9S/c1-28-25-31(54-24-13-19-36(47)43-23-14-22-41(3,4)5)26-29(2)38(28)56(51,52)46-35(40(50)53-9)27-44-37(48)18-11-10-15-30-20-21-32-33(16-12-17-34(32)45-30)39(49)55-42(6,7)8/h20-21,25-26,33,35,46H,10-19,22-24,27H2,1-9H3,(H,43,47)(H,44,48)/t33?,35-/m0/s1. The highest BCUT2D eigenvalue weighted by atomic mass is 32.2. The fourth-order valence-corrected chi connectivity index (χ4v) is 8.33. The molecule has 3 N–H and O–H groups in total. The summed E-state index contributed by atoms with van der Waals surface area (Å²) < 4.78 is 45.8. The number of amides is 2. The Morgan fingerprint density at radius 1 is 0.911 bits per heavy atom. The van der Waals surface area contributed by atoms with E-state index in [0.29, 0.717) is 55.5 Å². The monoisotopic (exact) mass is 800 g/mol. The molecule has 2 amide bonds. The fourth-order valence-electron chi connectivity index (χ4n) is 6.69. The Morgan fingerprint density at radius 2 is 1.57 bits per heavy atom. The molecule has 312 valence electrons. The van der Waals surface area contributed by atoms with Crippen LogP contribution in [0, 0.1) is 19.3 Å². The van der Waals surface area contributed by atoms with E-state index >= 15 is 0 Å². The van der Waals surface area contributed by atoms with Crippen LogP contribution >= 0.6 is 0 Å². The summed E-state index contributed by atoms with van der Waals surface area (Å²) >= 11 is 0. The molecule has 56 heavy (non-hydrogen) atoms.